The first-order valence-electron chi connectivity index (χ1n) is 19.0. The van der Waals surface area contributed by atoms with Crippen LogP contribution in [-0.2, 0) is 28.2 Å². The molecule has 0 radical (unpaired) electrons. The van der Waals surface area contributed by atoms with Gasteiger partial charge in [0.25, 0.3) is 0 Å². The topological polar surface area (TPSA) is 52.6 Å². The maximum absolute atomic E-state index is 16.0. The van der Waals surface area contributed by atoms with Gasteiger partial charge in [-0.3, -0.25) is 0 Å². The Morgan fingerprint density at radius 3 is 0.636 bits per heavy atom. The Morgan fingerprint density at radius 2 is 0.473 bits per heavy atom. The summed E-state index contributed by atoms with van der Waals surface area (Å²) in [4.78, 5) is 0. The van der Waals surface area contributed by atoms with E-state index < -0.39 is 30.2 Å². The molecule has 4 nitrogen and oxygen atoms in total. The van der Waals surface area contributed by atoms with Crippen LogP contribution in [0.4, 0.5) is 0 Å². The van der Waals surface area contributed by atoms with E-state index in [0.29, 0.717) is 0 Å². The molecule has 0 aliphatic carbocycles. The third-order valence-corrected chi connectivity index (χ3v) is 25.3. The van der Waals surface area contributed by atoms with Gasteiger partial charge in [-0.05, 0) is 0 Å². The summed E-state index contributed by atoms with van der Waals surface area (Å²) in [6.07, 6.45) is 0. The fourth-order valence-electron chi connectivity index (χ4n) is 8.26. The van der Waals surface area contributed by atoms with Gasteiger partial charge in [-0.25, -0.2) is 0 Å². The summed E-state index contributed by atoms with van der Waals surface area (Å²) >= 11 is -5.95. The molecule has 0 amide bonds. The summed E-state index contributed by atoms with van der Waals surface area (Å²) < 4.78 is 46.6. The van der Waals surface area contributed by atoms with E-state index in [1.165, 1.54) is 0 Å². The summed E-state index contributed by atoms with van der Waals surface area (Å²) in [6.45, 7) is 25.1. The number of hydrogen-bond donors (Lipinski definition) is 0. The molecular weight excluding hydrogens is 749 g/mol. The second-order valence-electron chi connectivity index (χ2n) is 15.4. The molecule has 0 saturated carbocycles. The molecule has 0 saturated heterocycles. The van der Waals surface area contributed by atoms with E-state index in [0.717, 1.165) is 97.9 Å². The van der Waals surface area contributed by atoms with E-state index >= 15 is 7.61 Å². The summed E-state index contributed by atoms with van der Waals surface area (Å²) in [6, 6.07) is 37.2. The van der Waals surface area contributed by atoms with Crippen LogP contribution in [0.1, 0.15) is 66.8 Å². The number of aryl methyl sites for hydroxylation is 6. The molecule has 0 aliphatic heterocycles. The van der Waals surface area contributed by atoms with Gasteiger partial charge in [-0.15, -0.1) is 0 Å². The van der Waals surface area contributed by atoms with Crippen molar-refractivity contribution >= 4 is 47.8 Å². The Labute approximate surface area is 333 Å². The molecule has 0 bridgehead atoms. The molecule has 0 fully saturated rings. The molecule has 0 spiro atoms. The predicted octanol–water partition coefficient (Wildman–Crippen LogP) is 7.73. The van der Waals surface area contributed by atoms with Crippen LogP contribution >= 0.6 is 0 Å². The monoisotopic (exact) mass is 802 g/mol. The van der Waals surface area contributed by atoms with Crippen LogP contribution in [0, 0.1) is 83.1 Å². The first kappa shape index (κ1) is 40.5. The van der Waals surface area contributed by atoms with Gasteiger partial charge < -0.3 is 0 Å². The fraction of sp³-hybridized carbons (Fsp3) is 0.250. The quantitative estimate of drug-likeness (QED) is 0.105. The first-order valence-corrected chi connectivity index (χ1v) is 24.9. The van der Waals surface area contributed by atoms with E-state index in [1.54, 1.807) is 0 Å². The fourth-order valence-corrected chi connectivity index (χ4v) is 23.5. The molecule has 284 valence electrons. The van der Waals surface area contributed by atoms with Crippen LogP contribution in [0.2, 0.25) is 0 Å². The SMILES string of the molecule is Cc1cccc([Si]([O][Cr](=[O])(=[O])[O][Si](c2cccc(C)c2C)(c2cccc(C)c2C)c2cccc(C)c2C)(c2cccc(C)c2C)c2cccc(C)c2C)c1C. The molecule has 6 aromatic rings. The van der Waals surface area contributed by atoms with Crippen molar-refractivity contribution in [3.8, 4) is 0 Å². The molecule has 0 aliphatic rings. The molecule has 0 N–H and O–H groups in total. The van der Waals surface area contributed by atoms with E-state index in [1.807, 2.05) is 36.4 Å². The second-order valence-corrected chi connectivity index (χ2v) is 24.5. The zero-order chi connectivity index (χ0) is 40.0. The van der Waals surface area contributed by atoms with Gasteiger partial charge in [0.05, 0.1) is 0 Å². The number of hydrogen-bond acceptors (Lipinski definition) is 4. The second kappa shape index (κ2) is 15.4. The molecular formula is C48H54CrO4Si2. The third-order valence-electron chi connectivity index (χ3n) is 12.4. The zero-order valence-corrected chi connectivity index (χ0v) is 37.7. The van der Waals surface area contributed by atoms with Crippen LogP contribution < -0.4 is 31.1 Å². The number of rotatable bonds is 10. The van der Waals surface area contributed by atoms with Crippen LogP contribution in [0.3, 0.4) is 0 Å². The van der Waals surface area contributed by atoms with Crippen molar-refractivity contribution in [3.63, 3.8) is 0 Å². The minimum atomic E-state index is -5.95. The van der Waals surface area contributed by atoms with E-state index in [9.17, 15) is 0 Å². The average Bonchev–Trinajstić information content (AvgIpc) is 3.13. The first-order chi connectivity index (χ1) is 26.0. The van der Waals surface area contributed by atoms with Crippen molar-refractivity contribution in [3.05, 3.63) is 176 Å². The summed E-state index contributed by atoms with van der Waals surface area (Å²) in [5.41, 5.74) is 12.6. The van der Waals surface area contributed by atoms with Crippen LogP contribution in [-0.4, -0.2) is 16.6 Å². The Kier molecular flexibility index (Phi) is 11.3. The van der Waals surface area contributed by atoms with E-state index in [4.69, 9.17) is 6.96 Å². The molecule has 6 aromatic carbocycles. The Hall–Kier alpha value is -4.19. The average molecular weight is 803 g/mol. The van der Waals surface area contributed by atoms with Gasteiger partial charge in [0.15, 0.2) is 0 Å². The van der Waals surface area contributed by atoms with Gasteiger partial charge in [0.2, 0.25) is 0 Å². The van der Waals surface area contributed by atoms with Crippen LogP contribution in [0.5, 0.6) is 0 Å². The summed E-state index contributed by atoms with van der Waals surface area (Å²) in [5, 5.41) is 5.44. The molecule has 0 heterocycles. The standard InChI is InChI=1S/2C24H27OSi.Cr.2O/c2*1-16-10-7-13-22(19(16)4)26(25,23-14-8-11-17(2)20(23)5)24-15-9-12-18(3)21(24)6;;;/h2*7-15H,1-6H3;;;/q2*-1;+2;;. The third kappa shape index (κ3) is 6.97. The molecule has 0 unspecified atom stereocenters. The van der Waals surface area contributed by atoms with Gasteiger partial charge in [0, 0.05) is 0 Å². The van der Waals surface area contributed by atoms with Crippen molar-refractivity contribution in [2.24, 2.45) is 0 Å². The van der Waals surface area contributed by atoms with Gasteiger partial charge in [0.1, 0.15) is 0 Å². The minimum absolute atomic E-state index is 0.907. The maximum atomic E-state index is 16.0. The van der Waals surface area contributed by atoms with Gasteiger partial charge in [-0.1, -0.05) is 0 Å². The van der Waals surface area contributed by atoms with Crippen LogP contribution in [0.25, 0.3) is 0 Å². The van der Waals surface area contributed by atoms with E-state index in [-0.39, 0.29) is 0 Å². The van der Waals surface area contributed by atoms with Crippen molar-refractivity contribution in [1.82, 2.24) is 0 Å². The Morgan fingerprint density at radius 1 is 0.309 bits per heavy atom. The van der Waals surface area contributed by atoms with E-state index in [2.05, 4.69) is 156 Å². The summed E-state index contributed by atoms with van der Waals surface area (Å²) in [5.74, 6) is 0. The zero-order valence-electron chi connectivity index (χ0n) is 34.4. The van der Waals surface area contributed by atoms with Crippen molar-refractivity contribution in [2.45, 2.75) is 83.1 Å². The van der Waals surface area contributed by atoms with Crippen molar-refractivity contribution < 1.29 is 28.2 Å². The molecule has 6 rings (SSSR count). The molecule has 55 heavy (non-hydrogen) atoms. The molecule has 0 aromatic heterocycles. The molecule has 7 heteroatoms. The predicted molar refractivity (Wildman–Crippen MR) is 228 cm³/mol. The van der Waals surface area contributed by atoms with Crippen molar-refractivity contribution in [1.29, 1.82) is 0 Å². The van der Waals surface area contributed by atoms with Crippen molar-refractivity contribution in [2.75, 3.05) is 0 Å². The van der Waals surface area contributed by atoms with Crippen LogP contribution in [0.15, 0.2) is 109 Å². The Bertz CT molecular complexity index is 2130. The number of benzene rings is 6. The van der Waals surface area contributed by atoms with Gasteiger partial charge in [-0.2, -0.15) is 0 Å². The van der Waals surface area contributed by atoms with Gasteiger partial charge >= 0.3 is 335 Å². The Balaban J connectivity index is 1.79. The molecule has 0 atom stereocenters. The normalized spacial score (nSPS) is 12.3. The summed E-state index contributed by atoms with van der Waals surface area (Å²) in [7, 11) is -7.84.